The molecule has 1 aliphatic heterocycles. The fraction of sp³-hybridized carbons (Fsp3) is 0.462. The molecule has 2 unspecified atom stereocenters. The summed E-state index contributed by atoms with van der Waals surface area (Å²) in [6.45, 7) is 4.84. The summed E-state index contributed by atoms with van der Waals surface area (Å²) >= 11 is 0. The lowest BCUT2D eigenvalue weighted by atomic mass is 10.1. The molecule has 0 fully saturated rings. The van der Waals surface area contributed by atoms with Gasteiger partial charge in [0.2, 0.25) is 6.29 Å². The molecule has 0 radical (unpaired) electrons. The van der Waals surface area contributed by atoms with E-state index in [1.54, 1.807) is 6.07 Å². The number of carbonyl (C=O) groups is 1. The van der Waals surface area contributed by atoms with Gasteiger partial charge in [0, 0.05) is 5.56 Å². The van der Waals surface area contributed by atoms with Crippen LogP contribution in [0.1, 0.15) is 42.5 Å². The molecule has 0 N–H and O–H groups in total. The highest BCUT2D eigenvalue weighted by Crippen LogP contribution is 2.31. The maximum absolute atomic E-state index is 11.5. The Labute approximate surface area is 95.4 Å². The average molecular weight is 220 g/mol. The Morgan fingerprint density at radius 3 is 2.94 bits per heavy atom. The fourth-order valence-corrected chi connectivity index (χ4v) is 1.61. The molecule has 0 saturated carbocycles. The molecular formula is C13H16O3. The van der Waals surface area contributed by atoms with E-state index in [4.69, 9.17) is 9.47 Å². The molecule has 0 aliphatic carbocycles. The second kappa shape index (κ2) is 4.66. The lowest BCUT2D eigenvalue weighted by Crippen LogP contribution is -2.10. The van der Waals surface area contributed by atoms with Crippen LogP contribution in [-0.2, 0) is 9.47 Å². The van der Waals surface area contributed by atoms with Crippen LogP contribution < -0.4 is 0 Å². The normalized spacial score (nSPS) is 20.4. The predicted molar refractivity (Wildman–Crippen MR) is 60.0 cm³/mol. The van der Waals surface area contributed by atoms with Crippen LogP contribution in [0.15, 0.2) is 24.3 Å². The first-order valence-electron chi connectivity index (χ1n) is 5.64. The van der Waals surface area contributed by atoms with Crippen molar-refractivity contribution in [2.75, 3.05) is 6.61 Å². The SMILES string of the molecule is CCC(C)COC1OC(=O)c2ccccc21. The van der Waals surface area contributed by atoms with Crippen LogP contribution >= 0.6 is 0 Å². The van der Waals surface area contributed by atoms with Crippen molar-refractivity contribution in [1.82, 2.24) is 0 Å². The van der Waals surface area contributed by atoms with E-state index in [0.717, 1.165) is 12.0 Å². The Kier molecular flexibility index (Phi) is 3.25. The van der Waals surface area contributed by atoms with Crippen LogP contribution in [0.25, 0.3) is 0 Å². The Morgan fingerprint density at radius 1 is 1.44 bits per heavy atom. The number of rotatable bonds is 4. The second-order valence-corrected chi connectivity index (χ2v) is 4.17. The van der Waals surface area contributed by atoms with Crippen LogP contribution in [-0.4, -0.2) is 12.6 Å². The highest BCUT2D eigenvalue weighted by atomic mass is 16.7. The third-order valence-corrected chi connectivity index (χ3v) is 2.88. The van der Waals surface area contributed by atoms with Gasteiger partial charge in [-0.3, -0.25) is 0 Å². The molecule has 1 heterocycles. The molecule has 2 rings (SSSR count). The number of benzene rings is 1. The molecule has 0 aromatic heterocycles. The molecule has 1 aromatic carbocycles. The van der Waals surface area contributed by atoms with Gasteiger partial charge >= 0.3 is 5.97 Å². The predicted octanol–water partition coefficient (Wildman–Crippen LogP) is 2.92. The number of esters is 1. The standard InChI is InChI=1S/C13H16O3/c1-3-9(2)8-15-13-11-7-5-4-6-10(11)12(14)16-13/h4-7,9,13H,3,8H2,1-2H3. The summed E-state index contributed by atoms with van der Waals surface area (Å²) in [4.78, 5) is 11.5. The Bertz CT molecular complexity index is 387. The van der Waals surface area contributed by atoms with Gasteiger partial charge in [-0.05, 0) is 12.0 Å². The molecule has 1 aliphatic rings. The molecule has 86 valence electrons. The lowest BCUT2D eigenvalue weighted by molar-refractivity contribution is -0.112. The van der Waals surface area contributed by atoms with Crippen molar-refractivity contribution in [3.05, 3.63) is 35.4 Å². The Hall–Kier alpha value is -1.35. The molecular weight excluding hydrogens is 204 g/mol. The van der Waals surface area contributed by atoms with E-state index >= 15 is 0 Å². The van der Waals surface area contributed by atoms with Crippen molar-refractivity contribution in [2.45, 2.75) is 26.6 Å². The van der Waals surface area contributed by atoms with E-state index < -0.39 is 6.29 Å². The number of carbonyl (C=O) groups excluding carboxylic acids is 1. The zero-order valence-corrected chi connectivity index (χ0v) is 9.60. The van der Waals surface area contributed by atoms with E-state index in [9.17, 15) is 4.79 Å². The van der Waals surface area contributed by atoms with E-state index in [2.05, 4.69) is 13.8 Å². The molecule has 2 atom stereocenters. The number of cyclic esters (lactones) is 1. The molecule has 0 amide bonds. The van der Waals surface area contributed by atoms with Crippen molar-refractivity contribution in [1.29, 1.82) is 0 Å². The molecule has 0 spiro atoms. The first kappa shape index (κ1) is 11.1. The minimum atomic E-state index is -0.516. The number of hydrogen-bond acceptors (Lipinski definition) is 3. The van der Waals surface area contributed by atoms with Crippen molar-refractivity contribution in [2.24, 2.45) is 5.92 Å². The second-order valence-electron chi connectivity index (χ2n) is 4.17. The Balaban J connectivity index is 2.06. The molecule has 0 bridgehead atoms. The lowest BCUT2D eigenvalue weighted by Gasteiger charge is -2.14. The molecule has 1 aromatic rings. The van der Waals surface area contributed by atoms with Gasteiger partial charge in [-0.1, -0.05) is 38.5 Å². The maximum Gasteiger partial charge on any atom is 0.341 e. The van der Waals surface area contributed by atoms with E-state index in [0.29, 0.717) is 18.1 Å². The van der Waals surface area contributed by atoms with Crippen molar-refractivity contribution >= 4 is 5.97 Å². The van der Waals surface area contributed by atoms with Gasteiger partial charge in [-0.25, -0.2) is 4.79 Å². The fourth-order valence-electron chi connectivity index (χ4n) is 1.61. The topological polar surface area (TPSA) is 35.5 Å². The van der Waals surface area contributed by atoms with E-state index in [1.165, 1.54) is 0 Å². The van der Waals surface area contributed by atoms with Crippen molar-refractivity contribution in [3.63, 3.8) is 0 Å². The van der Waals surface area contributed by atoms with Gasteiger partial charge in [0.05, 0.1) is 12.2 Å². The van der Waals surface area contributed by atoms with Crippen LogP contribution in [0.5, 0.6) is 0 Å². The zero-order valence-electron chi connectivity index (χ0n) is 9.60. The van der Waals surface area contributed by atoms with Gasteiger partial charge in [0.25, 0.3) is 0 Å². The van der Waals surface area contributed by atoms with Crippen LogP contribution in [0, 0.1) is 5.92 Å². The van der Waals surface area contributed by atoms with Crippen molar-refractivity contribution < 1.29 is 14.3 Å². The summed E-state index contributed by atoms with van der Waals surface area (Å²) in [6, 6.07) is 7.36. The van der Waals surface area contributed by atoms with Gasteiger partial charge in [0.1, 0.15) is 0 Å². The summed E-state index contributed by atoms with van der Waals surface area (Å²) in [5.74, 6) is 0.191. The highest BCUT2D eigenvalue weighted by Gasteiger charge is 2.31. The minimum absolute atomic E-state index is 0.287. The van der Waals surface area contributed by atoms with Crippen molar-refractivity contribution in [3.8, 4) is 0 Å². The van der Waals surface area contributed by atoms with Gasteiger partial charge in [-0.15, -0.1) is 0 Å². The minimum Gasteiger partial charge on any atom is -0.428 e. The van der Waals surface area contributed by atoms with Gasteiger partial charge in [-0.2, -0.15) is 0 Å². The third kappa shape index (κ3) is 2.09. The van der Waals surface area contributed by atoms with E-state index in [-0.39, 0.29) is 5.97 Å². The van der Waals surface area contributed by atoms with Gasteiger partial charge < -0.3 is 9.47 Å². The quantitative estimate of drug-likeness (QED) is 0.732. The maximum atomic E-state index is 11.5. The van der Waals surface area contributed by atoms with Gasteiger partial charge in [0.15, 0.2) is 0 Å². The third-order valence-electron chi connectivity index (χ3n) is 2.88. The highest BCUT2D eigenvalue weighted by molar-refractivity contribution is 5.93. The van der Waals surface area contributed by atoms with Crippen LogP contribution in [0.4, 0.5) is 0 Å². The summed E-state index contributed by atoms with van der Waals surface area (Å²) < 4.78 is 10.8. The first-order valence-corrected chi connectivity index (χ1v) is 5.64. The zero-order chi connectivity index (χ0) is 11.5. The van der Waals surface area contributed by atoms with Crippen LogP contribution in [0.3, 0.4) is 0 Å². The molecule has 3 nitrogen and oxygen atoms in total. The molecule has 16 heavy (non-hydrogen) atoms. The monoisotopic (exact) mass is 220 g/mol. The smallest absolute Gasteiger partial charge is 0.341 e. The van der Waals surface area contributed by atoms with E-state index in [1.807, 2.05) is 18.2 Å². The largest absolute Gasteiger partial charge is 0.428 e. The first-order chi connectivity index (χ1) is 7.72. The average Bonchev–Trinajstić information content (AvgIpc) is 2.64. The molecule has 0 saturated heterocycles. The summed E-state index contributed by atoms with van der Waals surface area (Å²) in [7, 11) is 0. The Morgan fingerprint density at radius 2 is 2.19 bits per heavy atom. The number of ether oxygens (including phenoxy) is 2. The number of hydrogen-bond donors (Lipinski definition) is 0. The summed E-state index contributed by atoms with van der Waals surface area (Å²) in [5.41, 5.74) is 1.47. The number of fused-ring (bicyclic) bond motifs is 1. The molecule has 3 heteroatoms. The van der Waals surface area contributed by atoms with Crippen LogP contribution in [0.2, 0.25) is 0 Å². The summed E-state index contributed by atoms with van der Waals surface area (Å²) in [5, 5.41) is 0. The summed E-state index contributed by atoms with van der Waals surface area (Å²) in [6.07, 6.45) is 0.542.